The Labute approximate surface area is 89.0 Å². The first-order valence-electron chi connectivity index (χ1n) is 4.57. The van der Waals surface area contributed by atoms with Crippen LogP contribution in [-0.2, 0) is 4.79 Å². The number of carbonyl (C=O) groups is 1. The molecule has 0 saturated carbocycles. The van der Waals surface area contributed by atoms with E-state index in [-0.39, 0.29) is 10.7 Å². The summed E-state index contributed by atoms with van der Waals surface area (Å²) in [5.74, 6) is 0.0529. The van der Waals surface area contributed by atoms with Gasteiger partial charge in [-0.2, -0.15) is 0 Å². The molecule has 4 heteroatoms. The lowest BCUT2D eigenvalue weighted by Gasteiger charge is -2.21. The molecule has 0 aliphatic rings. The molecule has 0 spiro atoms. The summed E-state index contributed by atoms with van der Waals surface area (Å²) in [5, 5.41) is 2.84. The fourth-order valence-corrected chi connectivity index (χ4v) is 0.916. The molecule has 0 aromatic rings. The molecule has 0 aliphatic heterocycles. The van der Waals surface area contributed by atoms with Crippen LogP contribution in [0.5, 0.6) is 0 Å². The highest BCUT2D eigenvalue weighted by atomic mass is 79.9. The Bertz CT molecular complexity index is 160. The first-order valence-corrected chi connectivity index (χ1v) is 5.48. The molecule has 0 rings (SSSR count). The van der Waals surface area contributed by atoms with Gasteiger partial charge in [0.05, 0.1) is 4.83 Å². The quantitative estimate of drug-likeness (QED) is 0.745. The van der Waals surface area contributed by atoms with Gasteiger partial charge in [0.15, 0.2) is 0 Å². The van der Waals surface area contributed by atoms with Gasteiger partial charge in [0, 0.05) is 19.1 Å². The highest BCUT2D eigenvalue weighted by Gasteiger charge is 2.08. The molecule has 1 unspecified atom stereocenters. The molecule has 0 aliphatic carbocycles. The van der Waals surface area contributed by atoms with Crippen molar-refractivity contribution >= 4 is 21.8 Å². The van der Waals surface area contributed by atoms with Crippen molar-refractivity contribution < 1.29 is 4.79 Å². The average Bonchev–Trinajstić information content (AvgIpc) is 2.03. The summed E-state index contributed by atoms with van der Waals surface area (Å²) in [5.41, 5.74) is 0. The molecule has 1 N–H and O–H groups in total. The number of hydrogen-bond donors (Lipinski definition) is 1. The second-order valence-corrected chi connectivity index (χ2v) is 4.85. The van der Waals surface area contributed by atoms with Gasteiger partial charge in [-0.15, -0.1) is 0 Å². The van der Waals surface area contributed by atoms with Crippen molar-refractivity contribution in [3.05, 3.63) is 0 Å². The van der Waals surface area contributed by atoms with E-state index in [0.29, 0.717) is 12.6 Å². The number of likely N-dealkylation sites (N-methyl/N-ethyl adjacent to an activating group) is 1. The monoisotopic (exact) mass is 250 g/mol. The zero-order chi connectivity index (χ0) is 10.4. The minimum Gasteiger partial charge on any atom is -0.354 e. The lowest BCUT2D eigenvalue weighted by Crippen LogP contribution is -2.38. The van der Waals surface area contributed by atoms with Crippen LogP contribution >= 0.6 is 15.9 Å². The van der Waals surface area contributed by atoms with Crippen LogP contribution in [-0.4, -0.2) is 41.8 Å². The number of hydrogen-bond acceptors (Lipinski definition) is 2. The van der Waals surface area contributed by atoms with Crippen LogP contribution < -0.4 is 5.32 Å². The van der Waals surface area contributed by atoms with Crippen LogP contribution in [0, 0.1) is 0 Å². The van der Waals surface area contributed by atoms with Crippen molar-refractivity contribution in [2.24, 2.45) is 0 Å². The summed E-state index contributed by atoms with van der Waals surface area (Å²) >= 11 is 3.21. The van der Waals surface area contributed by atoms with Crippen molar-refractivity contribution in [1.29, 1.82) is 0 Å². The first kappa shape index (κ1) is 12.9. The number of amides is 1. The van der Waals surface area contributed by atoms with Gasteiger partial charge in [-0.3, -0.25) is 4.79 Å². The Morgan fingerprint density at radius 3 is 2.38 bits per heavy atom. The Morgan fingerprint density at radius 2 is 2.00 bits per heavy atom. The van der Waals surface area contributed by atoms with E-state index in [0.717, 1.165) is 6.54 Å². The van der Waals surface area contributed by atoms with Gasteiger partial charge in [0.1, 0.15) is 0 Å². The topological polar surface area (TPSA) is 32.3 Å². The van der Waals surface area contributed by atoms with Gasteiger partial charge in [-0.25, -0.2) is 0 Å². The largest absolute Gasteiger partial charge is 0.354 e. The van der Waals surface area contributed by atoms with E-state index in [1.807, 2.05) is 14.0 Å². The van der Waals surface area contributed by atoms with Crippen molar-refractivity contribution in [3.8, 4) is 0 Å². The lowest BCUT2D eigenvalue weighted by molar-refractivity contribution is -0.120. The van der Waals surface area contributed by atoms with Gasteiger partial charge >= 0.3 is 0 Å². The number of nitrogens with one attached hydrogen (secondary N) is 1. The van der Waals surface area contributed by atoms with Crippen molar-refractivity contribution in [3.63, 3.8) is 0 Å². The molecular weight excluding hydrogens is 232 g/mol. The van der Waals surface area contributed by atoms with Crippen LogP contribution in [0.15, 0.2) is 0 Å². The van der Waals surface area contributed by atoms with Crippen LogP contribution in [0.1, 0.15) is 20.8 Å². The van der Waals surface area contributed by atoms with Gasteiger partial charge < -0.3 is 10.2 Å². The summed E-state index contributed by atoms with van der Waals surface area (Å²) in [7, 11) is 2.05. The van der Waals surface area contributed by atoms with Crippen molar-refractivity contribution in [1.82, 2.24) is 10.2 Å². The first-order chi connectivity index (χ1) is 5.95. The fraction of sp³-hybridized carbons (Fsp3) is 0.889. The molecule has 1 amide bonds. The molecule has 0 saturated heterocycles. The molecule has 0 radical (unpaired) electrons. The van der Waals surface area contributed by atoms with E-state index in [1.165, 1.54) is 0 Å². The Kier molecular flexibility index (Phi) is 6.33. The SMILES string of the molecule is CC(Br)C(=O)NCCN(C)C(C)C. The minimum absolute atomic E-state index is 0.0529. The number of carbonyl (C=O) groups excluding carboxylic acids is 1. The molecule has 3 nitrogen and oxygen atoms in total. The van der Waals surface area contributed by atoms with Gasteiger partial charge in [0.2, 0.25) is 5.91 Å². The predicted molar refractivity (Wildman–Crippen MR) is 59.2 cm³/mol. The van der Waals surface area contributed by atoms with Gasteiger partial charge in [0.25, 0.3) is 0 Å². The number of rotatable bonds is 5. The summed E-state index contributed by atoms with van der Waals surface area (Å²) in [6.45, 7) is 7.69. The molecule has 0 fully saturated rings. The summed E-state index contributed by atoms with van der Waals surface area (Å²) in [6.07, 6.45) is 0. The number of halogens is 1. The molecule has 1 atom stereocenters. The third-order valence-corrected chi connectivity index (χ3v) is 2.42. The zero-order valence-corrected chi connectivity index (χ0v) is 10.4. The van der Waals surface area contributed by atoms with Crippen LogP contribution in [0.3, 0.4) is 0 Å². The molecule has 78 valence electrons. The number of alkyl halides is 1. The van der Waals surface area contributed by atoms with Gasteiger partial charge in [-0.1, -0.05) is 15.9 Å². The molecule has 0 aromatic heterocycles. The summed E-state index contributed by atoms with van der Waals surface area (Å²) in [4.78, 5) is 13.2. The summed E-state index contributed by atoms with van der Waals surface area (Å²) < 4.78 is 0. The van der Waals surface area contributed by atoms with E-state index in [4.69, 9.17) is 0 Å². The number of nitrogens with zero attached hydrogens (tertiary/aromatic N) is 1. The van der Waals surface area contributed by atoms with Crippen molar-refractivity contribution in [2.45, 2.75) is 31.6 Å². The maximum absolute atomic E-state index is 11.1. The highest BCUT2D eigenvalue weighted by molar-refractivity contribution is 9.10. The van der Waals surface area contributed by atoms with E-state index in [2.05, 4.69) is 40.0 Å². The minimum atomic E-state index is -0.100. The van der Waals surface area contributed by atoms with Crippen molar-refractivity contribution in [2.75, 3.05) is 20.1 Å². The Hall–Kier alpha value is -0.0900. The smallest absolute Gasteiger partial charge is 0.233 e. The van der Waals surface area contributed by atoms with E-state index < -0.39 is 0 Å². The normalized spacial score (nSPS) is 13.5. The maximum atomic E-state index is 11.1. The zero-order valence-electron chi connectivity index (χ0n) is 8.80. The molecule has 0 heterocycles. The fourth-order valence-electron chi connectivity index (χ4n) is 0.754. The van der Waals surface area contributed by atoms with E-state index >= 15 is 0 Å². The predicted octanol–water partition coefficient (Wildman–Crippen LogP) is 1.23. The third kappa shape index (κ3) is 6.05. The highest BCUT2D eigenvalue weighted by Crippen LogP contribution is 1.96. The maximum Gasteiger partial charge on any atom is 0.233 e. The van der Waals surface area contributed by atoms with Gasteiger partial charge in [-0.05, 0) is 27.8 Å². The summed E-state index contributed by atoms with van der Waals surface area (Å²) in [6, 6.07) is 0.526. The Morgan fingerprint density at radius 1 is 1.46 bits per heavy atom. The Balaban J connectivity index is 3.51. The lowest BCUT2D eigenvalue weighted by atomic mass is 10.3. The van der Waals surface area contributed by atoms with Crippen LogP contribution in [0.2, 0.25) is 0 Å². The van der Waals surface area contributed by atoms with Crippen LogP contribution in [0.4, 0.5) is 0 Å². The molecule has 13 heavy (non-hydrogen) atoms. The molecular formula is C9H19BrN2O. The standard InChI is InChI=1S/C9H19BrN2O/c1-7(2)12(4)6-5-11-9(13)8(3)10/h7-8H,5-6H2,1-4H3,(H,11,13). The average molecular weight is 251 g/mol. The second kappa shape index (κ2) is 6.38. The molecule has 0 aromatic carbocycles. The van der Waals surface area contributed by atoms with E-state index in [9.17, 15) is 4.79 Å². The van der Waals surface area contributed by atoms with Crippen LogP contribution in [0.25, 0.3) is 0 Å². The second-order valence-electron chi connectivity index (χ2n) is 3.48. The molecule has 0 bridgehead atoms. The third-order valence-electron chi connectivity index (χ3n) is 2.01. The van der Waals surface area contributed by atoms with E-state index in [1.54, 1.807) is 0 Å².